The molecule has 0 bridgehead atoms. The molecule has 132 valence electrons. The predicted octanol–water partition coefficient (Wildman–Crippen LogP) is 3.19. The van der Waals surface area contributed by atoms with Gasteiger partial charge in [-0.25, -0.2) is 4.98 Å². The topological polar surface area (TPSA) is 49.6 Å². The third kappa shape index (κ3) is 3.61. The molecule has 1 atom stereocenters. The highest BCUT2D eigenvalue weighted by Gasteiger charge is 2.40. The number of carbonyl (C=O) groups excluding carboxylic acids is 1. The van der Waals surface area contributed by atoms with E-state index in [-0.39, 0.29) is 11.3 Å². The number of likely N-dealkylation sites (tertiary alicyclic amines) is 2. The summed E-state index contributed by atoms with van der Waals surface area (Å²) < 4.78 is 4.98. The summed E-state index contributed by atoms with van der Waals surface area (Å²) in [6.45, 7) is 4.88. The van der Waals surface area contributed by atoms with Gasteiger partial charge in [-0.15, -0.1) is 0 Å². The van der Waals surface area contributed by atoms with Crippen LogP contribution in [0.15, 0.2) is 47.4 Å². The maximum atomic E-state index is 12.6. The van der Waals surface area contributed by atoms with Crippen molar-refractivity contribution in [2.75, 3.05) is 26.2 Å². The monoisotopic (exact) mass is 339 g/mol. The second kappa shape index (κ2) is 7.00. The normalized spacial score (nSPS) is 24.6. The fourth-order valence-corrected chi connectivity index (χ4v) is 4.48. The third-order valence-electron chi connectivity index (χ3n) is 5.59. The molecule has 1 spiro atoms. The molecule has 1 aromatic carbocycles. The molecule has 1 amide bonds. The van der Waals surface area contributed by atoms with Gasteiger partial charge in [-0.2, -0.15) is 0 Å². The van der Waals surface area contributed by atoms with E-state index in [0.717, 1.165) is 39.1 Å². The molecule has 2 aliphatic rings. The molecule has 1 aromatic heterocycles. The van der Waals surface area contributed by atoms with Crippen LogP contribution in [0.4, 0.5) is 0 Å². The number of hydrogen-bond donors (Lipinski definition) is 0. The van der Waals surface area contributed by atoms with Crippen molar-refractivity contribution in [3.05, 3.63) is 54.2 Å². The number of carbonyl (C=O) groups is 1. The van der Waals surface area contributed by atoms with Gasteiger partial charge in [0, 0.05) is 31.6 Å². The molecular weight excluding hydrogens is 314 g/mol. The Hall–Kier alpha value is -2.14. The van der Waals surface area contributed by atoms with Gasteiger partial charge in [-0.3, -0.25) is 9.69 Å². The molecule has 2 saturated heterocycles. The fraction of sp³-hybridized carbons (Fsp3) is 0.500. The van der Waals surface area contributed by atoms with Gasteiger partial charge in [0.15, 0.2) is 12.1 Å². The molecule has 2 aromatic rings. The quantitative estimate of drug-likeness (QED) is 0.862. The smallest absolute Gasteiger partial charge is 0.275 e. The van der Waals surface area contributed by atoms with Crippen molar-refractivity contribution in [3.63, 3.8) is 0 Å². The van der Waals surface area contributed by atoms with Gasteiger partial charge in [0.2, 0.25) is 0 Å². The Morgan fingerprint density at radius 2 is 1.92 bits per heavy atom. The van der Waals surface area contributed by atoms with Crippen molar-refractivity contribution in [2.45, 2.75) is 32.2 Å². The molecule has 1 unspecified atom stereocenters. The zero-order chi connectivity index (χ0) is 17.1. The average Bonchev–Trinajstić information content (AvgIpc) is 3.17. The summed E-state index contributed by atoms with van der Waals surface area (Å²) in [6, 6.07) is 10.7. The van der Waals surface area contributed by atoms with Crippen molar-refractivity contribution >= 4 is 5.91 Å². The minimum atomic E-state index is 0.00741. The Morgan fingerprint density at radius 1 is 1.12 bits per heavy atom. The molecular formula is C20H25N3O2. The summed E-state index contributed by atoms with van der Waals surface area (Å²) in [6.07, 6.45) is 7.48. The van der Waals surface area contributed by atoms with Crippen molar-refractivity contribution in [2.24, 2.45) is 5.41 Å². The van der Waals surface area contributed by atoms with E-state index in [9.17, 15) is 4.79 Å². The Labute approximate surface area is 148 Å². The molecule has 5 nitrogen and oxygen atoms in total. The van der Waals surface area contributed by atoms with E-state index in [1.807, 2.05) is 4.90 Å². The second-order valence-corrected chi connectivity index (χ2v) is 7.50. The number of rotatable bonds is 3. The van der Waals surface area contributed by atoms with Crippen LogP contribution >= 0.6 is 0 Å². The van der Waals surface area contributed by atoms with E-state index in [1.54, 1.807) is 0 Å². The van der Waals surface area contributed by atoms with Crippen LogP contribution in [0, 0.1) is 5.41 Å². The Morgan fingerprint density at radius 3 is 2.68 bits per heavy atom. The van der Waals surface area contributed by atoms with E-state index < -0.39 is 0 Å². The fourth-order valence-electron chi connectivity index (χ4n) is 4.48. The standard InChI is InChI=1S/C20H25N3O2/c24-19(18-13-25-16-21-18)23-11-5-9-20(15-23)8-4-10-22(14-20)12-17-6-2-1-3-7-17/h1-3,6-7,13,16H,4-5,8-12,14-15H2. The lowest BCUT2D eigenvalue weighted by Gasteiger charge is -2.48. The van der Waals surface area contributed by atoms with Crippen molar-refractivity contribution in [1.29, 1.82) is 0 Å². The minimum Gasteiger partial charge on any atom is -0.451 e. The first-order valence-corrected chi connectivity index (χ1v) is 9.18. The number of aromatic nitrogens is 1. The molecule has 0 aliphatic carbocycles. The molecule has 0 radical (unpaired) electrons. The van der Waals surface area contributed by atoms with Gasteiger partial charge < -0.3 is 9.32 Å². The van der Waals surface area contributed by atoms with Crippen molar-refractivity contribution in [1.82, 2.24) is 14.8 Å². The number of amides is 1. The molecule has 2 aliphatic heterocycles. The molecule has 5 heteroatoms. The van der Waals surface area contributed by atoms with E-state index in [4.69, 9.17) is 4.42 Å². The molecule has 3 heterocycles. The van der Waals surface area contributed by atoms with Crippen molar-refractivity contribution in [3.8, 4) is 0 Å². The largest absolute Gasteiger partial charge is 0.451 e. The minimum absolute atomic E-state index is 0.00741. The summed E-state index contributed by atoms with van der Waals surface area (Å²) in [5.74, 6) is 0.00741. The first-order chi connectivity index (χ1) is 12.2. The molecule has 25 heavy (non-hydrogen) atoms. The molecule has 4 rings (SSSR count). The summed E-state index contributed by atoms with van der Waals surface area (Å²) in [5, 5.41) is 0. The summed E-state index contributed by atoms with van der Waals surface area (Å²) in [4.78, 5) is 21.2. The number of benzene rings is 1. The van der Waals surface area contributed by atoms with Crippen LogP contribution in [0.5, 0.6) is 0 Å². The highest BCUT2D eigenvalue weighted by Crippen LogP contribution is 2.39. The highest BCUT2D eigenvalue weighted by atomic mass is 16.3. The predicted molar refractivity (Wildman–Crippen MR) is 95.0 cm³/mol. The van der Waals surface area contributed by atoms with Gasteiger partial charge >= 0.3 is 0 Å². The van der Waals surface area contributed by atoms with E-state index in [1.165, 1.54) is 37.5 Å². The zero-order valence-electron chi connectivity index (χ0n) is 14.6. The van der Waals surface area contributed by atoms with Crippen LogP contribution in [-0.4, -0.2) is 46.9 Å². The van der Waals surface area contributed by atoms with Crippen LogP contribution in [0.2, 0.25) is 0 Å². The summed E-state index contributed by atoms with van der Waals surface area (Å²) in [7, 11) is 0. The van der Waals surface area contributed by atoms with Crippen LogP contribution in [0.3, 0.4) is 0 Å². The van der Waals surface area contributed by atoms with Gasteiger partial charge in [0.1, 0.15) is 6.26 Å². The number of nitrogens with zero attached hydrogens (tertiary/aromatic N) is 3. The van der Waals surface area contributed by atoms with Gasteiger partial charge in [0.05, 0.1) is 0 Å². The molecule has 0 saturated carbocycles. The molecule has 2 fully saturated rings. The van der Waals surface area contributed by atoms with E-state index >= 15 is 0 Å². The first-order valence-electron chi connectivity index (χ1n) is 9.18. The SMILES string of the molecule is O=C(c1cocn1)N1CCCC2(CCCN(Cc3ccccc3)C2)C1. The first kappa shape index (κ1) is 16.3. The Bertz CT molecular complexity index is 697. The van der Waals surface area contributed by atoms with Crippen LogP contribution < -0.4 is 0 Å². The highest BCUT2D eigenvalue weighted by molar-refractivity contribution is 5.92. The lowest BCUT2D eigenvalue weighted by atomic mass is 9.73. The van der Waals surface area contributed by atoms with Gasteiger partial charge in [-0.1, -0.05) is 30.3 Å². The number of oxazole rings is 1. The van der Waals surface area contributed by atoms with Crippen LogP contribution in [0.1, 0.15) is 41.7 Å². The van der Waals surface area contributed by atoms with Crippen LogP contribution in [-0.2, 0) is 6.54 Å². The Balaban J connectivity index is 1.44. The zero-order valence-corrected chi connectivity index (χ0v) is 14.6. The lowest BCUT2D eigenvalue weighted by molar-refractivity contribution is 0.0111. The van der Waals surface area contributed by atoms with E-state index in [2.05, 4.69) is 40.2 Å². The maximum Gasteiger partial charge on any atom is 0.275 e. The lowest BCUT2D eigenvalue weighted by Crippen LogP contribution is -2.53. The van der Waals surface area contributed by atoms with Gasteiger partial charge in [0.25, 0.3) is 5.91 Å². The van der Waals surface area contributed by atoms with Crippen molar-refractivity contribution < 1.29 is 9.21 Å². The number of piperidine rings is 2. The second-order valence-electron chi connectivity index (χ2n) is 7.50. The summed E-state index contributed by atoms with van der Waals surface area (Å²) >= 11 is 0. The maximum absolute atomic E-state index is 12.6. The summed E-state index contributed by atoms with van der Waals surface area (Å²) in [5.41, 5.74) is 2.02. The average molecular weight is 339 g/mol. The third-order valence-corrected chi connectivity index (χ3v) is 5.59. The van der Waals surface area contributed by atoms with E-state index in [0.29, 0.717) is 5.69 Å². The van der Waals surface area contributed by atoms with Crippen LogP contribution in [0.25, 0.3) is 0 Å². The van der Waals surface area contributed by atoms with Gasteiger partial charge in [-0.05, 0) is 37.8 Å². The Kier molecular flexibility index (Phi) is 4.57. The number of hydrogen-bond acceptors (Lipinski definition) is 4. The molecule has 0 N–H and O–H groups in total.